The van der Waals surface area contributed by atoms with Crippen molar-refractivity contribution in [1.82, 2.24) is 14.6 Å². The summed E-state index contributed by atoms with van der Waals surface area (Å²) in [6, 6.07) is 26.3. The number of hydrogen-bond acceptors (Lipinski definition) is 8. The number of carbonyl (C=O) groups is 2. The molecule has 236 valence electrons. The molecule has 0 spiro atoms. The summed E-state index contributed by atoms with van der Waals surface area (Å²) in [4.78, 5) is 41.9. The number of rotatable bonds is 12. The smallest absolute Gasteiger partial charge is 0.424 e. The molecule has 4 aromatic rings. The molecule has 1 aliphatic rings. The van der Waals surface area contributed by atoms with Crippen molar-refractivity contribution in [1.29, 1.82) is 0 Å². The van der Waals surface area contributed by atoms with Gasteiger partial charge in [-0.1, -0.05) is 66.7 Å². The largest absolute Gasteiger partial charge is 0.447 e. The maximum atomic E-state index is 13.1. The maximum absolute atomic E-state index is 13.1. The Bertz CT molecular complexity index is 1770. The number of aryl methyl sites for hydroxylation is 1. The summed E-state index contributed by atoms with van der Waals surface area (Å²) in [5.74, 6) is -0.534. The molecule has 0 aliphatic heterocycles. The van der Waals surface area contributed by atoms with Gasteiger partial charge in [-0.3, -0.25) is 9.35 Å². The number of aromatic nitrogens is 1. The van der Waals surface area contributed by atoms with Gasteiger partial charge in [-0.15, -0.1) is 0 Å². The number of benzene rings is 3. The van der Waals surface area contributed by atoms with E-state index in [0.29, 0.717) is 13.1 Å². The molecule has 1 aromatic heterocycles. The quantitative estimate of drug-likeness (QED) is 0.170. The molecule has 45 heavy (non-hydrogen) atoms. The van der Waals surface area contributed by atoms with Gasteiger partial charge in [0.2, 0.25) is 0 Å². The molecule has 0 fully saturated rings. The number of amides is 1. The number of Topliss-reactive ketones (excluding diaryl/α,β-unsaturated/α-hetero) is 1. The SMILES string of the molecule is CN(Cc1cc2ccccc2n1CCC(=O)CCCS(=O)(=O)O)N(C)C(=O)OCC1c2ccccc2-c2ccccc21.O=C=O. The van der Waals surface area contributed by atoms with Crippen molar-refractivity contribution in [3.8, 4) is 11.1 Å². The fourth-order valence-corrected chi connectivity index (χ4v) is 6.15. The Kier molecular flexibility index (Phi) is 11.0. The Morgan fingerprint density at radius 3 is 2.11 bits per heavy atom. The third-order valence-electron chi connectivity index (χ3n) is 7.87. The molecule has 3 aromatic carbocycles. The standard InChI is InChI=1S/C32H35N3O6S.CO2/c1-33(34(2)32(37)41-22-30-28-14-6-4-12-26(28)27-13-5-7-15-29(27)30)21-24-20-23-10-3-8-16-31(23)35(24)18-17-25(36)11-9-19-42(38,39)40;2-1-3/h3-8,10,12-16,20,30H,9,11,17-19,21-22H2,1-2H3,(H,38,39,40);. The molecule has 0 radical (unpaired) electrons. The predicted molar refractivity (Wildman–Crippen MR) is 167 cm³/mol. The lowest BCUT2D eigenvalue weighted by Gasteiger charge is -2.28. The zero-order valence-electron chi connectivity index (χ0n) is 25.1. The average molecular weight is 634 g/mol. The van der Waals surface area contributed by atoms with Crippen molar-refractivity contribution in [3.05, 3.63) is 95.7 Å². The first-order valence-corrected chi connectivity index (χ1v) is 16.0. The van der Waals surface area contributed by atoms with Crippen molar-refractivity contribution in [2.45, 2.75) is 38.3 Å². The zero-order valence-corrected chi connectivity index (χ0v) is 25.9. The van der Waals surface area contributed by atoms with E-state index in [9.17, 15) is 18.0 Å². The molecule has 0 saturated carbocycles. The van der Waals surface area contributed by atoms with E-state index in [4.69, 9.17) is 18.9 Å². The van der Waals surface area contributed by atoms with Crippen molar-refractivity contribution >= 4 is 39.0 Å². The average Bonchev–Trinajstić information content (AvgIpc) is 3.52. The highest BCUT2D eigenvalue weighted by molar-refractivity contribution is 7.85. The van der Waals surface area contributed by atoms with Crippen LogP contribution in [0.2, 0.25) is 0 Å². The number of carbonyl (C=O) groups excluding carboxylic acids is 4. The van der Waals surface area contributed by atoms with Gasteiger partial charge in [0.1, 0.15) is 12.4 Å². The fraction of sp³-hybridized carbons (Fsp3) is 0.303. The molecule has 11 nitrogen and oxygen atoms in total. The van der Waals surface area contributed by atoms with Crippen LogP contribution >= 0.6 is 0 Å². The van der Waals surface area contributed by atoms with Gasteiger partial charge in [0.05, 0.1) is 12.3 Å². The van der Waals surface area contributed by atoms with Crippen molar-refractivity contribution < 1.29 is 36.9 Å². The minimum Gasteiger partial charge on any atom is -0.447 e. The lowest BCUT2D eigenvalue weighted by atomic mass is 9.98. The molecular weight excluding hydrogens is 598 g/mol. The lowest BCUT2D eigenvalue weighted by Crippen LogP contribution is -2.41. The molecule has 1 amide bonds. The molecule has 0 bridgehead atoms. The number of para-hydroxylation sites is 1. The maximum Gasteiger partial charge on any atom is 0.424 e. The molecule has 1 N–H and O–H groups in total. The number of fused-ring (bicyclic) bond motifs is 4. The summed E-state index contributed by atoms with van der Waals surface area (Å²) < 4.78 is 38.7. The molecular formula is C33H35N3O8S. The fourth-order valence-electron chi connectivity index (χ4n) is 5.64. The van der Waals surface area contributed by atoms with E-state index in [0.717, 1.165) is 27.7 Å². The molecule has 0 saturated heterocycles. The second-order valence-corrected chi connectivity index (χ2v) is 12.3. The van der Waals surface area contributed by atoms with Crippen LogP contribution in [0.3, 0.4) is 0 Å². The number of hydrazine groups is 1. The third kappa shape index (κ3) is 8.31. The second kappa shape index (κ2) is 14.9. The Labute approximate surface area is 261 Å². The van der Waals surface area contributed by atoms with E-state index in [-0.39, 0.29) is 43.7 Å². The van der Waals surface area contributed by atoms with Crippen LogP contribution in [-0.2, 0) is 42.3 Å². The van der Waals surface area contributed by atoms with E-state index < -0.39 is 22.0 Å². The van der Waals surface area contributed by atoms with E-state index in [1.54, 1.807) is 12.1 Å². The van der Waals surface area contributed by atoms with Gasteiger partial charge in [0, 0.05) is 50.6 Å². The van der Waals surface area contributed by atoms with Crippen LogP contribution in [-0.4, -0.2) is 72.0 Å². The van der Waals surface area contributed by atoms with Crippen LogP contribution < -0.4 is 0 Å². The van der Waals surface area contributed by atoms with Gasteiger partial charge in [0.25, 0.3) is 10.1 Å². The Balaban J connectivity index is 0.00000148. The molecule has 0 atom stereocenters. The van der Waals surface area contributed by atoms with E-state index in [1.165, 1.54) is 16.1 Å². The minimum atomic E-state index is -4.08. The Morgan fingerprint density at radius 1 is 0.911 bits per heavy atom. The van der Waals surface area contributed by atoms with Gasteiger partial charge >= 0.3 is 12.2 Å². The van der Waals surface area contributed by atoms with Crippen LogP contribution in [0.25, 0.3) is 22.0 Å². The molecule has 5 rings (SSSR count). The predicted octanol–water partition coefficient (Wildman–Crippen LogP) is 4.91. The molecule has 12 heteroatoms. The lowest BCUT2D eigenvalue weighted by molar-refractivity contribution is -0.191. The summed E-state index contributed by atoms with van der Waals surface area (Å²) >= 11 is 0. The third-order valence-corrected chi connectivity index (χ3v) is 8.68. The van der Waals surface area contributed by atoms with Crippen LogP contribution in [0, 0.1) is 0 Å². The van der Waals surface area contributed by atoms with Gasteiger partial charge in [-0.05, 0) is 46.2 Å². The summed E-state index contributed by atoms with van der Waals surface area (Å²) in [5.41, 5.74) is 6.53. The number of ether oxygens (including phenoxy) is 1. The van der Waals surface area contributed by atoms with E-state index in [2.05, 4.69) is 28.8 Å². The zero-order chi connectivity index (χ0) is 32.6. The van der Waals surface area contributed by atoms with Gasteiger partial charge < -0.3 is 9.30 Å². The van der Waals surface area contributed by atoms with Crippen LogP contribution in [0.4, 0.5) is 4.79 Å². The second-order valence-electron chi connectivity index (χ2n) is 10.8. The molecule has 0 unspecified atom stereocenters. The first-order valence-electron chi connectivity index (χ1n) is 14.4. The molecule has 1 aliphatic carbocycles. The summed E-state index contributed by atoms with van der Waals surface area (Å²) in [5, 5.41) is 4.25. The highest BCUT2D eigenvalue weighted by Gasteiger charge is 2.30. The van der Waals surface area contributed by atoms with Crippen molar-refractivity contribution in [2.75, 3.05) is 26.5 Å². The summed E-state index contributed by atoms with van der Waals surface area (Å²) in [6.45, 7) is 1.04. The highest BCUT2D eigenvalue weighted by Crippen LogP contribution is 2.44. The minimum absolute atomic E-state index is 0.0300. The van der Waals surface area contributed by atoms with Crippen LogP contribution in [0.1, 0.15) is 42.0 Å². The Hall–Kier alpha value is -4.61. The van der Waals surface area contributed by atoms with Gasteiger partial charge in [0.15, 0.2) is 0 Å². The first-order chi connectivity index (χ1) is 21.5. The van der Waals surface area contributed by atoms with Gasteiger partial charge in [-0.2, -0.15) is 18.0 Å². The van der Waals surface area contributed by atoms with Crippen molar-refractivity contribution in [2.24, 2.45) is 0 Å². The number of nitrogens with zero attached hydrogens (tertiary/aromatic N) is 3. The monoisotopic (exact) mass is 633 g/mol. The van der Waals surface area contributed by atoms with E-state index >= 15 is 0 Å². The normalized spacial score (nSPS) is 12.2. The number of hydrogen-bond donors (Lipinski definition) is 1. The molecule has 1 heterocycles. The van der Waals surface area contributed by atoms with Crippen LogP contribution in [0.15, 0.2) is 78.9 Å². The summed E-state index contributed by atoms with van der Waals surface area (Å²) in [7, 11) is -0.602. The van der Waals surface area contributed by atoms with Crippen molar-refractivity contribution in [3.63, 3.8) is 0 Å². The number of ketones is 1. The summed E-state index contributed by atoms with van der Waals surface area (Å²) in [6.07, 6.45) is 0.183. The van der Waals surface area contributed by atoms with Crippen LogP contribution in [0.5, 0.6) is 0 Å². The topological polar surface area (TPSA) is 143 Å². The Morgan fingerprint density at radius 2 is 1.49 bits per heavy atom. The van der Waals surface area contributed by atoms with Gasteiger partial charge in [-0.25, -0.2) is 14.8 Å². The first kappa shape index (κ1) is 33.3. The highest BCUT2D eigenvalue weighted by atomic mass is 32.2. The van der Waals surface area contributed by atoms with E-state index in [1.807, 2.05) is 61.6 Å².